The van der Waals surface area contributed by atoms with Crippen LogP contribution in [0.5, 0.6) is 0 Å². The molecule has 5 nitrogen and oxygen atoms in total. The zero-order chi connectivity index (χ0) is 23.2. The van der Waals surface area contributed by atoms with Crippen molar-refractivity contribution in [1.82, 2.24) is 10.2 Å². The average Bonchev–Trinajstić information content (AvgIpc) is 3.01. The molecule has 0 spiro atoms. The fourth-order valence-corrected chi connectivity index (χ4v) is 4.75. The molecule has 1 fully saturated rings. The average molecular weight is 445 g/mol. The van der Waals surface area contributed by atoms with E-state index in [4.69, 9.17) is 0 Å². The van der Waals surface area contributed by atoms with Gasteiger partial charge in [-0.05, 0) is 47.1 Å². The van der Waals surface area contributed by atoms with Gasteiger partial charge < -0.3 is 15.3 Å². The molecule has 1 aliphatic heterocycles. The van der Waals surface area contributed by atoms with E-state index in [1.54, 1.807) is 0 Å². The predicted molar refractivity (Wildman–Crippen MR) is 132 cm³/mol. The Balaban J connectivity index is 1.51. The first kappa shape index (κ1) is 23.0. The fraction of sp³-hybridized carbons (Fsp3) is 0.357. The minimum absolute atomic E-state index is 0.0155. The SMILES string of the molecule is CCCC(=O)N[C@@H](CO)CC(=O)N1CCC(=C2c3ccccc3C=Cc3ccccc32)CC1. The van der Waals surface area contributed by atoms with Gasteiger partial charge in [0.05, 0.1) is 12.6 Å². The highest BCUT2D eigenvalue weighted by Gasteiger charge is 2.26. The summed E-state index contributed by atoms with van der Waals surface area (Å²) >= 11 is 0. The second-order valence-electron chi connectivity index (χ2n) is 8.77. The van der Waals surface area contributed by atoms with Crippen LogP contribution in [0.2, 0.25) is 0 Å². The smallest absolute Gasteiger partial charge is 0.224 e. The Morgan fingerprint density at radius 2 is 1.55 bits per heavy atom. The van der Waals surface area contributed by atoms with Crippen molar-refractivity contribution in [2.75, 3.05) is 19.7 Å². The quantitative estimate of drug-likeness (QED) is 0.597. The van der Waals surface area contributed by atoms with E-state index < -0.39 is 6.04 Å². The molecule has 1 aliphatic carbocycles. The van der Waals surface area contributed by atoms with Gasteiger partial charge >= 0.3 is 0 Å². The summed E-state index contributed by atoms with van der Waals surface area (Å²) in [6.45, 7) is 3.00. The van der Waals surface area contributed by atoms with Crippen molar-refractivity contribution in [3.8, 4) is 0 Å². The predicted octanol–water partition coefficient (Wildman–Crippen LogP) is 4.26. The number of carbonyl (C=O) groups is 2. The molecule has 0 unspecified atom stereocenters. The highest BCUT2D eigenvalue weighted by molar-refractivity contribution is 5.95. The first-order chi connectivity index (χ1) is 16.1. The van der Waals surface area contributed by atoms with Crippen LogP contribution in [0, 0.1) is 0 Å². The third kappa shape index (κ3) is 5.25. The van der Waals surface area contributed by atoms with Crippen molar-refractivity contribution in [2.24, 2.45) is 0 Å². The van der Waals surface area contributed by atoms with Crippen LogP contribution in [0.1, 0.15) is 61.3 Å². The first-order valence-corrected chi connectivity index (χ1v) is 11.9. The summed E-state index contributed by atoms with van der Waals surface area (Å²) in [6.07, 6.45) is 7.27. The largest absolute Gasteiger partial charge is 0.394 e. The normalized spacial score (nSPS) is 16.0. The number of hydrogen-bond acceptors (Lipinski definition) is 3. The lowest BCUT2D eigenvalue weighted by molar-refractivity contribution is -0.132. The monoisotopic (exact) mass is 444 g/mol. The number of fused-ring (bicyclic) bond motifs is 2. The van der Waals surface area contributed by atoms with E-state index in [0.717, 1.165) is 19.3 Å². The lowest BCUT2D eigenvalue weighted by Crippen LogP contribution is -2.44. The zero-order valence-corrected chi connectivity index (χ0v) is 19.2. The number of likely N-dealkylation sites (tertiary alicyclic amines) is 1. The molecule has 2 aromatic carbocycles. The van der Waals surface area contributed by atoms with E-state index in [2.05, 4.69) is 66.0 Å². The zero-order valence-electron chi connectivity index (χ0n) is 19.2. The van der Waals surface area contributed by atoms with Crippen LogP contribution < -0.4 is 5.32 Å². The van der Waals surface area contributed by atoms with Gasteiger partial charge in [-0.2, -0.15) is 0 Å². The highest BCUT2D eigenvalue weighted by atomic mass is 16.3. The number of nitrogens with one attached hydrogen (secondary N) is 1. The Morgan fingerprint density at radius 1 is 0.970 bits per heavy atom. The number of amides is 2. The van der Waals surface area contributed by atoms with Gasteiger partial charge in [0.25, 0.3) is 0 Å². The standard InChI is InChI=1S/C28H32N2O3/c1-2-7-26(32)29-23(19-31)18-27(33)30-16-14-22(15-17-30)28-24-10-5-3-8-20(24)12-13-21-9-4-6-11-25(21)28/h3-6,8-13,23,31H,2,7,14-19H2,1H3,(H,29,32)/t23-/m1/s1. The van der Waals surface area contributed by atoms with Crippen LogP contribution in [-0.4, -0.2) is 47.6 Å². The van der Waals surface area contributed by atoms with Crippen LogP contribution >= 0.6 is 0 Å². The Bertz CT molecular complexity index is 1020. The number of benzene rings is 2. The summed E-state index contributed by atoms with van der Waals surface area (Å²) in [5.41, 5.74) is 7.57. The van der Waals surface area contributed by atoms with Crippen molar-refractivity contribution in [3.05, 3.63) is 76.4 Å². The van der Waals surface area contributed by atoms with Crippen molar-refractivity contribution < 1.29 is 14.7 Å². The first-order valence-electron chi connectivity index (χ1n) is 11.9. The molecule has 2 aromatic rings. The van der Waals surface area contributed by atoms with Crippen LogP contribution in [0.25, 0.3) is 17.7 Å². The van der Waals surface area contributed by atoms with Crippen LogP contribution in [0.3, 0.4) is 0 Å². The highest BCUT2D eigenvalue weighted by Crippen LogP contribution is 2.38. The summed E-state index contributed by atoms with van der Waals surface area (Å²) in [5, 5.41) is 12.4. The molecule has 1 saturated heterocycles. The fourth-order valence-electron chi connectivity index (χ4n) is 4.75. The molecule has 1 heterocycles. The number of nitrogens with zero attached hydrogens (tertiary/aromatic N) is 1. The lowest BCUT2D eigenvalue weighted by atomic mass is 9.86. The van der Waals surface area contributed by atoms with Crippen molar-refractivity contribution >= 4 is 29.5 Å². The third-order valence-electron chi connectivity index (χ3n) is 6.46. The van der Waals surface area contributed by atoms with E-state index in [1.165, 1.54) is 33.4 Å². The molecule has 172 valence electrons. The molecular weight excluding hydrogens is 412 g/mol. The molecular formula is C28H32N2O3. The van der Waals surface area contributed by atoms with Crippen LogP contribution in [-0.2, 0) is 9.59 Å². The Morgan fingerprint density at radius 3 is 2.09 bits per heavy atom. The van der Waals surface area contributed by atoms with Gasteiger partial charge in [-0.1, -0.05) is 73.2 Å². The van der Waals surface area contributed by atoms with Gasteiger partial charge in [0.15, 0.2) is 0 Å². The summed E-state index contributed by atoms with van der Waals surface area (Å²) in [5.74, 6) is -0.132. The van der Waals surface area contributed by atoms with Crippen LogP contribution in [0.15, 0.2) is 54.1 Å². The molecule has 0 bridgehead atoms. The van der Waals surface area contributed by atoms with Crippen molar-refractivity contribution in [2.45, 2.75) is 45.1 Å². The van der Waals surface area contributed by atoms with Crippen molar-refractivity contribution in [3.63, 3.8) is 0 Å². The number of carbonyl (C=O) groups excluding carboxylic acids is 2. The molecule has 2 aliphatic rings. The second-order valence-corrected chi connectivity index (χ2v) is 8.77. The van der Waals surface area contributed by atoms with E-state index in [0.29, 0.717) is 19.5 Å². The second kappa shape index (κ2) is 10.6. The van der Waals surface area contributed by atoms with Gasteiger partial charge in [-0.15, -0.1) is 0 Å². The Hall–Kier alpha value is -3.18. The number of rotatable bonds is 6. The number of aliphatic hydroxyl groups excluding tert-OH is 1. The third-order valence-corrected chi connectivity index (χ3v) is 6.46. The minimum atomic E-state index is -0.525. The van der Waals surface area contributed by atoms with Gasteiger partial charge in [0.1, 0.15) is 0 Å². The number of aliphatic hydroxyl groups is 1. The Labute approximate surface area is 195 Å². The van der Waals surface area contributed by atoms with E-state index in [1.807, 2.05) is 11.8 Å². The maximum absolute atomic E-state index is 12.9. The maximum Gasteiger partial charge on any atom is 0.224 e. The molecule has 2 N–H and O–H groups in total. The minimum Gasteiger partial charge on any atom is -0.394 e. The summed E-state index contributed by atoms with van der Waals surface area (Å²) in [7, 11) is 0. The van der Waals surface area contributed by atoms with Gasteiger partial charge in [-0.3, -0.25) is 9.59 Å². The van der Waals surface area contributed by atoms with E-state index in [-0.39, 0.29) is 24.8 Å². The van der Waals surface area contributed by atoms with Crippen LogP contribution in [0.4, 0.5) is 0 Å². The van der Waals surface area contributed by atoms with E-state index in [9.17, 15) is 14.7 Å². The number of piperidine rings is 1. The topological polar surface area (TPSA) is 69.6 Å². The lowest BCUT2D eigenvalue weighted by Gasteiger charge is -2.31. The molecule has 2 amide bonds. The summed E-state index contributed by atoms with van der Waals surface area (Å²) < 4.78 is 0. The van der Waals surface area contributed by atoms with Gasteiger partial charge in [0, 0.05) is 25.9 Å². The molecule has 4 rings (SSSR count). The maximum atomic E-state index is 12.9. The molecule has 0 saturated carbocycles. The summed E-state index contributed by atoms with van der Waals surface area (Å²) in [4.78, 5) is 26.6. The number of hydrogen-bond donors (Lipinski definition) is 2. The van der Waals surface area contributed by atoms with E-state index >= 15 is 0 Å². The summed E-state index contributed by atoms with van der Waals surface area (Å²) in [6, 6.07) is 16.5. The Kier molecular flexibility index (Phi) is 7.40. The molecule has 1 atom stereocenters. The molecule has 5 heteroatoms. The molecule has 33 heavy (non-hydrogen) atoms. The molecule has 0 aromatic heterocycles. The molecule has 0 radical (unpaired) electrons. The van der Waals surface area contributed by atoms with Gasteiger partial charge in [-0.25, -0.2) is 0 Å². The van der Waals surface area contributed by atoms with Gasteiger partial charge in [0.2, 0.25) is 11.8 Å². The van der Waals surface area contributed by atoms with Crippen molar-refractivity contribution in [1.29, 1.82) is 0 Å².